The molecule has 0 radical (unpaired) electrons. The van der Waals surface area contributed by atoms with E-state index in [9.17, 15) is 0 Å². The molecule has 0 aliphatic carbocycles. The Balaban J connectivity index is 0.00000436. The number of pyridine rings is 2. The van der Waals surface area contributed by atoms with E-state index in [-0.39, 0.29) is 26.5 Å². The molecule has 2 aromatic heterocycles. The van der Waals surface area contributed by atoms with Crippen LogP contribution in [0.5, 0.6) is 11.5 Å². The third-order valence-corrected chi connectivity index (χ3v) is 10.6. The minimum Gasteiger partial charge on any atom is -0.509 e. The van der Waals surface area contributed by atoms with Gasteiger partial charge in [-0.1, -0.05) is 117 Å². The molecule has 286 valence electrons. The zero-order valence-electron chi connectivity index (χ0n) is 32.2. The largest absolute Gasteiger partial charge is 0.509 e. The fourth-order valence-electron chi connectivity index (χ4n) is 7.70. The molecule has 0 unspecified atom stereocenters. The summed E-state index contributed by atoms with van der Waals surface area (Å²) in [6.45, 7) is 8.74. The van der Waals surface area contributed by atoms with E-state index in [4.69, 9.17) is 14.7 Å². The monoisotopic (exact) mass is 931 g/mol. The van der Waals surface area contributed by atoms with E-state index in [1.54, 1.807) is 0 Å². The molecule has 0 saturated carbocycles. The van der Waals surface area contributed by atoms with Crippen molar-refractivity contribution in [1.82, 2.24) is 9.97 Å². The van der Waals surface area contributed by atoms with E-state index in [0.29, 0.717) is 11.5 Å². The number of nitrogens with zero attached hydrogens (tertiary/aromatic N) is 5. The molecule has 0 atom stereocenters. The summed E-state index contributed by atoms with van der Waals surface area (Å²) in [6, 6.07) is 61.5. The molecule has 2 aliphatic rings. The van der Waals surface area contributed by atoms with Crippen molar-refractivity contribution >= 4 is 40.1 Å². The van der Waals surface area contributed by atoms with E-state index >= 15 is 0 Å². The van der Waals surface area contributed by atoms with Gasteiger partial charge in [-0.3, -0.25) is 0 Å². The van der Waals surface area contributed by atoms with Crippen LogP contribution in [0.1, 0.15) is 26.3 Å². The molecular formula is C51H38N5OPt-3. The van der Waals surface area contributed by atoms with Crippen LogP contribution in [0.15, 0.2) is 170 Å². The molecule has 0 spiro atoms. The molecule has 0 bridgehead atoms. The molecular weight excluding hydrogens is 894 g/mol. The average Bonchev–Trinajstić information content (AvgIpc) is 3.59. The number of rotatable bonds is 6. The first-order chi connectivity index (χ1) is 27.9. The normalized spacial score (nSPS) is 12.8. The Kier molecular flexibility index (Phi) is 9.67. The second-order valence-corrected chi connectivity index (χ2v) is 15.3. The number of para-hydroxylation sites is 3. The molecule has 10 rings (SSSR count). The van der Waals surface area contributed by atoms with Crippen LogP contribution in [0, 0.1) is 18.8 Å². The summed E-state index contributed by atoms with van der Waals surface area (Å²) >= 11 is 0. The Morgan fingerprint density at radius 1 is 0.534 bits per heavy atom. The Morgan fingerprint density at radius 2 is 1.21 bits per heavy atom. The summed E-state index contributed by atoms with van der Waals surface area (Å²) in [5.74, 6) is 2.80. The third-order valence-electron chi connectivity index (χ3n) is 10.6. The SMILES string of the molecule is CC(C)(C)c1ccnc(N2c3[c-]c(Oc4[c-]c(N5[CH-]N(c6ccc(-c7ccccc7)cn6)c6ccccc65)ccc4)ccc3-c3ccccc3-c3ccccc32)c1.[Pt]. The predicted octanol–water partition coefficient (Wildman–Crippen LogP) is 13.4. The Morgan fingerprint density at radius 3 is 1.95 bits per heavy atom. The number of hydrogen-bond acceptors (Lipinski definition) is 6. The van der Waals surface area contributed by atoms with Gasteiger partial charge in [-0.2, -0.15) is 12.1 Å². The molecule has 4 heterocycles. The van der Waals surface area contributed by atoms with Gasteiger partial charge in [0.1, 0.15) is 11.6 Å². The Labute approximate surface area is 354 Å². The van der Waals surface area contributed by atoms with Crippen molar-refractivity contribution in [3.05, 3.63) is 194 Å². The molecule has 0 N–H and O–H groups in total. The molecule has 2 aliphatic heterocycles. The van der Waals surface area contributed by atoms with E-state index in [0.717, 1.165) is 73.5 Å². The van der Waals surface area contributed by atoms with Crippen LogP contribution < -0.4 is 19.4 Å². The number of aromatic nitrogens is 2. The van der Waals surface area contributed by atoms with Crippen LogP contribution in [0.4, 0.5) is 40.1 Å². The molecule has 0 saturated heterocycles. The Bertz CT molecular complexity index is 2760. The van der Waals surface area contributed by atoms with Crippen molar-refractivity contribution in [2.24, 2.45) is 0 Å². The van der Waals surface area contributed by atoms with Crippen molar-refractivity contribution in [2.75, 3.05) is 14.7 Å². The molecule has 0 amide bonds. The third kappa shape index (κ3) is 6.74. The second-order valence-electron chi connectivity index (χ2n) is 15.3. The summed E-state index contributed by atoms with van der Waals surface area (Å²) in [6.07, 6.45) is 3.83. The maximum atomic E-state index is 6.65. The van der Waals surface area contributed by atoms with Crippen LogP contribution in [-0.2, 0) is 26.5 Å². The molecule has 8 aromatic rings. The number of ether oxygens (including phenoxy) is 1. The topological polar surface area (TPSA) is 44.7 Å². The van der Waals surface area contributed by atoms with Gasteiger partial charge in [0.15, 0.2) is 0 Å². The van der Waals surface area contributed by atoms with Crippen LogP contribution in [0.2, 0.25) is 0 Å². The molecule has 7 heteroatoms. The van der Waals surface area contributed by atoms with Gasteiger partial charge in [0.25, 0.3) is 0 Å². The van der Waals surface area contributed by atoms with E-state index < -0.39 is 0 Å². The van der Waals surface area contributed by atoms with Crippen molar-refractivity contribution in [1.29, 1.82) is 0 Å². The summed E-state index contributed by atoms with van der Waals surface area (Å²) < 4.78 is 6.65. The fraction of sp³-hybridized carbons (Fsp3) is 0.0784. The smallest absolute Gasteiger partial charge is 0.135 e. The van der Waals surface area contributed by atoms with E-state index in [1.807, 2.05) is 67.0 Å². The second kappa shape index (κ2) is 15.1. The standard InChI is InChI=1S/C51H38N5O.Pt/c1-51(2,3)37-28-29-52-50(30-37)56-45-21-10-9-20-43(45)41-18-7-8-19-42(41)44-26-25-40(32-48(44)56)57-39-17-13-16-38(31-39)54-34-55(47-23-12-11-22-46(47)54)49-27-24-36(33-53-49)35-14-5-4-6-15-35;/h4-30,33-34H,1-3H3;/q-3;. The van der Waals surface area contributed by atoms with Crippen molar-refractivity contribution < 1.29 is 25.8 Å². The first kappa shape index (κ1) is 37.1. The average molecular weight is 932 g/mol. The van der Waals surface area contributed by atoms with Crippen LogP contribution in [0.3, 0.4) is 0 Å². The number of fused-ring (bicyclic) bond motifs is 6. The number of hydrogen-bond donors (Lipinski definition) is 0. The van der Waals surface area contributed by atoms with Gasteiger partial charge in [-0.15, -0.1) is 48.3 Å². The minimum atomic E-state index is -0.0573. The van der Waals surface area contributed by atoms with Gasteiger partial charge in [0.05, 0.1) is 5.69 Å². The van der Waals surface area contributed by atoms with Gasteiger partial charge < -0.3 is 19.4 Å². The predicted molar refractivity (Wildman–Crippen MR) is 231 cm³/mol. The molecule has 6 aromatic carbocycles. The van der Waals surface area contributed by atoms with Crippen molar-refractivity contribution in [2.45, 2.75) is 26.2 Å². The van der Waals surface area contributed by atoms with Crippen molar-refractivity contribution in [3.8, 4) is 44.9 Å². The molecule has 6 nitrogen and oxygen atoms in total. The zero-order chi connectivity index (χ0) is 38.5. The van der Waals surface area contributed by atoms with Gasteiger partial charge in [-0.25, -0.2) is 9.97 Å². The van der Waals surface area contributed by atoms with Crippen LogP contribution >= 0.6 is 0 Å². The zero-order valence-corrected chi connectivity index (χ0v) is 34.5. The number of benzene rings is 6. The summed E-state index contributed by atoms with van der Waals surface area (Å²) in [4.78, 5) is 16.3. The molecule has 0 fully saturated rings. The van der Waals surface area contributed by atoms with Crippen LogP contribution in [0.25, 0.3) is 33.4 Å². The maximum Gasteiger partial charge on any atom is 0.135 e. The van der Waals surface area contributed by atoms with Gasteiger partial charge in [0, 0.05) is 67.5 Å². The Hall–Kier alpha value is -6.49. The summed E-state index contributed by atoms with van der Waals surface area (Å²) in [5, 5.41) is 0. The first-order valence-corrected chi connectivity index (χ1v) is 19.1. The summed E-state index contributed by atoms with van der Waals surface area (Å²) in [7, 11) is 0. The first-order valence-electron chi connectivity index (χ1n) is 19.1. The van der Waals surface area contributed by atoms with Gasteiger partial charge in [0.2, 0.25) is 0 Å². The molecule has 58 heavy (non-hydrogen) atoms. The van der Waals surface area contributed by atoms with E-state index in [2.05, 4.69) is 157 Å². The quantitative estimate of drug-likeness (QED) is 0.155. The van der Waals surface area contributed by atoms with Gasteiger partial charge in [-0.05, 0) is 64.6 Å². The van der Waals surface area contributed by atoms with Crippen molar-refractivity contribution in [3.63, 3.8) is 0 Å². The number of anilines is 7. The van der Waals surface area contributed by atoms with E-state index in [1.165, 1.54) is 5.56 Å². The summed E-state index contributed by atoms with van der Waals surface area (Å²) in [5.41, 5.74) is 12.6. The fourth-order valence-corrected chi connectivity index (χ4v) is 7.70. The van der Waals surface area contributed by atoms with Crippen LogP contribution in [-0.4, -0.2) is 9.97 Å². The minimum absolute atomic E-state index is 0. The van der Waals surface area contributed by atoms with Gasteiger partial charge >= 0.3 is 0 Å². The maximum absolute atomic E-state index is 6.65.